The van der Waals surface area contributed by atoms with Crippen molar-refractivity contribution >= 4 is 29.1 Å². The maximum Gasteiger partial charge on any atom is 0.246 e. The second-order valence-corrected chi connectivity index (χ2v) is 12.1. The number of ether oxygens (including phenoxy) is 2. The smallest absolute Gasteiger partial charge is 0.246 e. The van der Waals surface area contributed by atoms with Gasteiger partial charge in [-0.2, -0.15) is 0 Å². The summed E-state index contributed by atoms with van der Waals surface area (Å²) < 4.78 is 10.7. The summed E-state index contributed by atoms with van der Waals surface area (Å²) >= 11 is 1.58. The van der Waals surface area contributed by atoms with E-state index >= 15 is 0 Å². The van der Waals surface area contributed by atoms with Gasteiger partial charge in [-0.05, 0) is 23.5 Å². The molecule has 0 spiro atoms. The van der Waals surface area contributed by atoms with Crippen LogP contribution in [0.1, 0.15) is 44.9 Å². The monoisotopic (exact) mass is 589 g/mol. The summed E-state index contributed by atoms with van der Waals surface area (Å²) in [5.41, 5.74) is 9.50. The number of aromatic nitrogens is 1. The Hall–Kier alpha value is -2.90. The third-order valence-corrected chi connectivity index (χ3v) is 7.80. The number of benzene rings is 1. The zero-order chi connectivity index (χ0) is 30.0. The number of hydrogen-bond acceptors (Lipinski definition) is 9. The van der Waals surface area contributed by atoms with Crippen LogP contribution in [0.2, 0.25) is 0 Å². The largest absolute Gasteiger partial charge is 0.391 e. The summed E-state index contributed by atoms with van der Waals surface area (Å²) in [7, 11) is 0. The lowest BCUT2D eigenvalue weighted by Crippen LogP contribution is -2.57. The number of hydrogen-bond donors (Lipinski definition) is 4. The highest BCUT2D eigenvalue weighted by molar-refractivity contribution is 7.13. The lowest BCUT2D eigenvalue weighted by molar-refractivity contribution is -0.144. The third kappa shape index (κ3) is 9.57. The Morgan fingerprint density at radius 3 is 2.44 bits per heavy atom. The SMILES string of the molecule is Cc1ncsc1-c1ccc(CNC(=O)[C@@H]2C[C@@H](O)CN2C(=O)[C@@H](NC(=O)CCOCCOCCN)C(C)(C)C)cc1. The van der Waals surface area contributed by atoms with Gasteiger partial charge in [-0.3, -0.25) is 14.4 Å². The molecule has 11 nitrogen and oxygen atoms in total. The molecule has 1 saturated heterocycles. The molecule has 3 atom stereocenters. The van der Waals surface area contributed by atoms with Crippen LogP contribution in [0.3, 0.4) is 0 Å². The molecule has 0 radical (unpaired) electrons. The molecule has 5 N–H and O–H groups in total. The van der Waals surface area contributed by atoms with E-state index in [1.807, 2.05) is 57.5 Å². The number of likely N-dealkylation sites (tertiary alicyclic amines) is 1. The Kier molecular flexibility index (Phi) is 12.2. The highest BCUT2D eigenvalue weighted by Crippen LogP contribution is 2.28. The van der Waals surface area contributed by atoms with Gasteiger partial charge in [-0.15, -0.1) is 11.3 Å². The van der Waals surface area contributed by atoms with Crippen LogP contribution in [0.4, 0.5) is 0 Å². The normalized spacial score (nSPS) is 17.9. The van der Waals surface area contributed by atoms with Crippen molar-refractivity contribution in [2.24, 2.45) is 11.1 Å². The molecular weight excluding hydrogens is 546 g/mol. The number of amides is 3. The Morgan fingerprint density at radius 1 is 1.15 bits per heavy atom. The quantitative estimate of drug-likeness (QED) is 0.242. The predicted molar refractivity (Wildman–Crippen MR) is 157 cm³/mol. The van der Waals surface area contributed by atoms with Gasteiger partial charge in [0.15, 0.2) is 0 Å². The Balaban J connectivity index is 1.57. The van der Waals surface area contributed by atoms with E-state index in [4.69, 9.17) is 15.2 Å². The van der Waals surface area contributed by atoms with Gasteiger partial charge < -0.3 is 35.8 Å². The average Bonchev–Trinajstić information content (AvgIpc) is 3.54. The Morgan fingerprint density at radius 2 is 1.83 bits per heavy atom. The zero-order valence-electron chi connectivity index (χ0n) is 24.4. The molecule has 0 bridgehead atoms. The number of nitrogens with zero attached hydrogens (tertiary/aromatic N) is 2. The number of carbonyl (C=O) groups is 3. The maximum atomic E-state index is 13.7. The van der Waals surface area contributed by atoms with Crippen molar-refractivity contribution in [3.05, 3.63) is 41.0 Å². The molecule has 41 heavy (non-hydrogen) atoms. The Labute approximate surface area is 245 Å². The molecule has 1 aromatic heterocycles. The molecule has 1 fully saturated rings. The van der Waals surface area contributed by atoms with Gasteiger partial charge in [0.05, 0.1) is 48.6 Å². The molecule has 226 valence electrons. The number of rotatable bonds is 14. The number of aliphatic hydroxyl groups is 1. The molecule has 0 saturated carbocycles. The van der Waals surface area contributed by atoms with Crippen molar-refractivity contribution in [2.45, 2.75) is 65.3 Å². The number of thiazole rings is 1. The van der Waals surface area contributed by atoms with E-state index in [-0.39, 0.29) is 44.4 Å². The summed E-state index contributed by atoms with van der Waals surface area (Å²) in [6, 6.07) is 6.16. The van der Waals surface area contributed by atoms with Crippen molar-refractivity contribution < 1.29 is 29.0 Å². The molecule has 0 aliphatic carbocycles. The molecule has 2 aromatic rings. The van der Waals surface area contributed by atoms with Gasteiger partial charge in [0, 0.05) is 32.5 Å². The van der Waals surface area contributed by atoms with E-state index in [0.29, 0.717) is 26.4 Å². The van der Waals surface area contributed by atoms with Crippen molar-refractivity contribution in [1.29, 1.82) is 0 Å². The lowest BCUT2D eigenvalue weighted by atomic mass is 9.85. The van der Waals surface area contributed by atoms with Crippen LogP contribution in [0.15, 0.2) is 29.8 Å². The minimum absolute atomic E-state index is 0.0220. The van der Waals surface area contributed by atoms with E-state index in [0.717, 1.165) is 21.7 Å². The van der Waals surface area contributed by atoms with Gasteiger partial charge >= 0.3 is 0 Å². The third-order valence-electron chi connectivity index (χ3n) is 6.82. The minimum atomic E-state index is -0.883. The van der Waals surface area contributed by atoms with Crippen LogP contribution in [-0.2, 0) is 30.4 Å². The van der Waals surface area contributed by atoms with Crippen molar-refractivity contribution in [3.8, 4) is 10.4 Å². The fraction of sp³-hybridized carbons (Fsp3) is 0.586. The van der Waals surface area contributed by atoms with E-state index in [1.165, 1.54) is 4.90 Å². The van der Waals surface area contributed by atoms with E-state index in [1.54, 1.807) is 11.3 Å². The summed E-state index contributed by atoms with van der Waals surface area (Å²) in [4.78, 5) is 46.3. The summed E-state index contributed by atoms with van der Waals surface area (Å²) in [5.74, 6) is -1.08. The summed E-state index contributed by atoms with van der Waals surface area (Å²) in [6.45, 7) is 9.61. The lowest BCUT2D eigenvalue weighted by Gasteiger charge is -2.35. The van der Waals surface area contributed by atoms with E-state index in [2.05, 4.69) is 15.6 Å². The van der Waals surface area contributed by atoms with Gasteiger partial charge in [0.2, 0.25) is 17.7 Å². The molecule has 1 aliphatic rings. The second-order valence-electron chi connectivity index (χ2n) is 11.2. The van der Waals surface area contributed by atoms with Crippen LogP contribution in [0.25, 0.3) is 10.4 Å². The fourth-order valence-electron chi connectivity index (χ4n) is 4.58. The van der Waals surface area contributed by atoms with Crippen molar-refractivity contribution in [3.63, 3.8) is 0 Å². The number of β-amino-alcohol motifs (C(OH)–C–C–N with tert-alkyl or cyclic N) is 1. The first-order chi connectivity index (χ1) is 19.5. The highest BCUT2D eigenvalue weighted by Gasteiger charge is 2.44. The Bertz CT molecular complexity index is 1150. The molecule has 1 aliphatic heterocycles. The number of aryl methyl sites for hydroxylation is 1. The molecule has 2 heterocycles. The molecule has 1 aromatic carbocycles. The minimum Gasteiger partial charge on any atom is -0.391 e. The average molecular weight is 590 g/mol. The van der Waals surface area contributed by atoms with Crippen LogP contribution in [0.5, 0.6) is 0 Å². The number of nitrogens with two attached hydrogens (primary N) is 1. The van der Waals surface area contributed by atoms with Crippen LogP contribution in [0, 0.1) is 12.3 Å². The first kappa shape index (κ1) is 32.6. The number of carbonyl (C=O) groups excluding carboxylic acids is 3. The summed E-state index contributed by atoms with van der Waals surface area (Å²) in [6.07, 6.45) is -0.626. The maximum absolute atomic E-state index is 13.7. The standard InChI is InChI=1S/C29H43N5O6S/c1-19-25(41-18-32-19)21-7-5-20(6-8-21)16-31-27(37)23-15-22(35)17-34(23)28(38)26(29(2,3)4)33-24(36)9-11-39-13-14-40-12-10-30/h5-8,18,22-23,26,35H,9-17,30H2,1-4H3,(H,31,37)(H,33,36)/t22-,23+,26-/m1/s1. The van der Waals surface area contributed by atoms with Gasteiger partial charge in [-0.25, -0.2) is 4.98 Å². The van der Waals surface area contributed by atoms with Crippen LogP contribution < -0.4 is 16.4 Å². The molecule has 3 amide bonds. The van der Waals surface area contributed by atoms with Gasteiger partial charge in [0.25, 0.3) is 0 Å². The fourth-order valence-corrected chi connectivity index (χ4v) is 5.40. The van der Waals surface area contributed by atoms with Gasteiger partial charge in [-0.1, -0.05) is 45.0 Å². The summed E-state index contributed by atoms with van der Waals surface area (Å²) in [5, 5.41) is 16.1. The topological polar surface area (TPSA) is 156 Å². The van der Waals surface area contributed by atoms with Gasteiger partial charge in [0.1, 0.15) is 12.1 Å². The number of nitrogens with one attached hydrogen (secondary N) is 2. The molecule has 12 heteroatoms. The second kappa shape index (κ2) is 15.4. The molecule has 3 rings (SSSR count). The van der Waals surface area contributed by atoms with Crippen molar-refractivity contribution in [1.82, 2.24) is 20.5 Å². The van der Waals surface area contributed by atoms with Crippen LogP contribution in [-0.4, -0.2) is 90.4 Å². The first-order valence-corrected chi connectivity index (χ1v) is 14.8. The molecular formula is C29H43N5O6S. The predicted octanol–water partition coefficient (Wildman–Crippen LogP) is 1.61. The van der Waals surface area contributed by atoms with Crippen molar-refractivity contribution in [2.75, 3.05) is 39.5 Å². The van der Waals surface area contributed by atoms with Crippen LogP contribution >= 0.6 is 11.3 Å². The van der Waals surface area contributed by atoms with E-state index < -0.39 is 29.5 Å². The number of aliphatic hydroxyl groups excluding tert-OH is 1. The molecule has 0 unspecified atom stereocenters. The highest BCUT2D eigenvalue weighted by atomic mass is 32.1. The first-order valence-electron chi connectivity index (χ1n) is 13.9. The zero-order valence-corrected chi connectivity index (χ0v) is 25.2. The van der Waals surface area contributed by atoms with E-state index in [9.17, 15) is 19.5 Å².